The van der Waals surface area contributed by atoms with Crippen LogP contribution >= 0.6 is 0 Å². The molecule has 6 heteroatoms. The summed E-state index contributed by atoms with van der Waals surface area (Å²) in [6, 6.07) is 20.9. The number of fused-ring (bicyclic) bond motifs is 1. The quantitative estimate of drug-likeness (QED) is 0.153. The predicted octanol–water partition coefficient (Wildman–Crippen LogP) is 5.95. The number of carbonyl (C=O) groups excluding carboxylic acids is 2. The number of Topliss-reactive ketones (excluding diaryl/α,β-unsaturated/α-hetero) is 1. The van der Waals surface area contributed by atoms with Gasteiger partial charge in [-0.15, -0.1) is 0 Å². The molecule has 6 nitrogen and oxygen atoms in total. The van der Waals surface area contributed by atoms with Crippen LogP contribution in [0.1, 0.15) is 39.1 Å². The topological polar surface area (TPSA) is 78.6 Å². The number of allylic oxidation sites excluding steroid dienone is 2. The lowest BCUT2D eigenvalue weighted by Gasteiger charge is -2.06. The van der Waals surface area contributed by atoms with E-state index in [4.69, 9.17) is 13.9 Å². The average Bonchev–Trinajstić information content (AvgIpc) is 3.30. The Hall–Kier alpha value is -4.45. The van der Waals surface area contributed by atoms with Gasteiger partial charge in [-0.25, -0.2) is 9.78 Å². The van der Waals surface area contributed by atoms with Gasteiger partial charge in [0.25, 0.3) is 0 Å². The number of ketones is 1. The summed E-state index contributed by atoms with van der Waals surface area (Å²) < 4.78 is 16.1. The number of ether oxygens (including phenoxy) is 2. The molecule has 0 unspecified atom stereocenters. The largest absolute Gasteiger partial charge is 0.465 e. The van der Waals surface area contributed by atoms with Crippen LogP contribution in [-0.4, -0.2) is 23.8 Å². The van der Waals surface area contributed by atoms with Crippen LogP contribution in [0.5, 0.6) is 5.75 Å². The molecule has 0 aliphatic heterocycles. The van der Waals surface area contributed by atoms with Gasteiger partial charge in [-0.2, -0.15) is 0 Å². The summed E-state index contributed by atoms with van der Waals surface area (Å²) in [4.78, 5) is 29.7. The van der Waals surface area contributed by atoms with Gasteiger partial charge in [-0.3, -0.25) is 4.79 Å². The third kappa shape index (κ3) is 4.91. The third-order valence-corrected chi connectivity index (χ3v) is 4.87. The van der Waals surface area contributed by atoms with E-state index in [-0.39, 0.29) is 11.7 Å². The fraction of sp³-hybridized carbons (Fsp3) is 0.0741. The Kier molecular flexibility index (Phi) is 6.45. The summed E-state index contributed by atoms with van der Waals surface area (Å²) in [7, 11) is 1.33. The zero-order valence-electron chi connectivity index (χ0n) is 18.1. The Morgan fingerprint density at radius 2 is 1.61 bits per heavy atom. The van der Waals surface area contributed by atoms with Crippen LogP contribution in [0.4, 0.5) is 0 Å². The van der Waals surface area contributed by atoms with E-state index in [1.54, 1.807) is 73.0 Å². The minimum atomic E-state index is -0.430. The zero-order valence-corrected chi connectivity index (χ0v) is 18.1. The summed E-state index contributed by atoms with van der Waals surface area (Å²) in [5, 5.41) is 0. The van der Waals surface area contributed by atoms with E-state index in [1.807, 2.05) is 25.1 Å². The monoisotopic (exact) mass is 439 g/mol. The molecule has 0 amide bonds. The number of oxazole rings is 1. The second-order valence-corrected chi connectivity index (χ2v) is 7.10. The van der Waals surface area contributed by atoms with Gasteiger partial charge in [-0.05, 0) is 67.1 Å². The average molecular weight is 439 g/mol. The predicted molar refractivity (Wildman–Crippen MR) is 126 cm³/mol. The standard InChI is InChI=1S/C27H21NO5/c1-3-16-32-21-14-12-19(13-15-21)25(29)22(26-28-23-6-4-5-7-24(23)33-26)17-18-8-10-20(11-9-18)27(30)31-2/h3-17H,1-2H3. The molecule has 0 aliphatic rings. The Balaban J connectivity index is 1.74. The first-order valence-corrected chi connectivity index (χ1v) is 10.3. The molecular weight excluding hydrogens is 418 g/mol. The van der Waals surface area contributed by atoms with Gasteiger partial charge < -0.3 is 13.9 Å². The molecule has 4 rings (SSSR count). The first kappa shape index (κ1) is 21.8. The number of benzene rings is 3. The molecule has 0 fully saturated rings. The molecule has 3 aromatic carbocycles. The summed E-state index contributed by atoms with van der Waals surface area (Å²) in [5.41, 5.74) is 3.12. The van der Waals surface area contributed by atoms with Crippen molar-refractivity contribution < 1.29 is 23.5 Å². The van der Waals surface area contributed by atoms with Crippen LogP contribution in [0.3, 0.4) is 0 Å². The van der Waals surface area contributed by atoms with E-state index in [2.05, 4.69) is 4.98 Å². The molecule has 1 aromatic heterocycles. The van der Waals surface area contributed by atoms with Gasteiger partial charge >= 0.3 is 5.97 Å². The number of esters is 1. The molecule has 1 heterocycles. The SMILES string of the molecule is CC=COc1ccc(C(=O)C(=Cc2ccc(C(=O)OC)cc2)c2nc3ccccc3o2)cc1. The van der Waals surface area contributed by atoms with Crippen molar-refractivity contribution in [2.24, 2.45) is 0 Å². The molecule has 0 spiro atoms. The normalized spacial score (nSPS) is 11.6. The van der Waals surface area contributed by atoms with Gasteiger partial charge in [0, 0.05) is 5.56 Å². The number of rotatable bonds is 7. The molecule has 0 bridgehead atoms. The second-order valence-electron chi connectivity index (χ2n) is 7.10. The van der Waals surface area contributed by atoms with E-state index in [0.717, 1.165) is 0 Å². The summed E-state index contributed by atoms with van der Waals surface area (Å²) >= 11 is 0. The highest BCUT2D eigenvalue weighted by Gasteiger charge is 2.20. The number of carbonyl (C=O) groups is 2. The molecule has 0 saturated heterocycles. The summed E-state index contributed by atoms with van der Waals surface area (Å²) in [6.07, 6.45) is 5.04. The highest BCUT2D eigenvalue weighted by Crippen LogP contribution is 2.27. The van der Waals surface area contributed by atoms with Crippen LogP contribution in [0.15, 0.2) is 89.6 Å². The highest BCUT2D eigenvalue weighted by atomic mass is 16.5. The molecule has 0 radical (unpaired) electrons. The molecule has 0 saturated carbocycles. The number of hydrogen-bond acceptors (Lipinski definition) is 6. The zero-order chi connectivity index (χ0) is 23.2. The first-order chi connectivity index (χ1) is 16.1. The van der Waals surface area contributed by atoms with Crippen LogP contribution in [-0.2, 0) is 4.74 Å². The number of hydrogen-bond donors (Lipinski definition) is 0. The summed E-state index contributed by atoms with van der Waals surface area (Å²) in [5.74, 6) is 0.153. The van der Waals surface area contributed by atoms with E-state index < -0.39 is 5.97 Å². The smallest absolute Gasteiger partial charge is 0.337 e. The highest BCUT2D eigenvalue weighted by molar-refractivity contribution is 6.31. The Morgan fingerprint density at radius 3 is 2.27 bits per heavy atom. The van der Waals surface area contributed by atoms with E-state index in [0.29, 0.717) is 39.1 Å². The van der Waals surface area contributed by atoms with Crippen molar-refractivity contribution in [3.8, 4) is 5.75 Å². The fourth-order valence-electron chi connectivity index (χ4n) is 3.20. The van der Waals surface area contributed by atoms with Gasteiger partial charge in [0.2, 0.25) is 5.89 Å². The molecule has 164 valence electrons. The van der Waals surface area contributed by atoms with Gasteiger partial charge in [0.05, 0.1) is 24.5 Å². The number of methoxy groups -OCH3 is 1. The molecule has 0 N–H and O–H groups in total. The van der Waals surface area contributed by atoms with Crippen molar-refractivity contribution in [2.45, 2.75) is 6.92 Å². The molecule has 0 atom stereocenters. The number of nitrogens with zero attached hydrogens (tertiary/aromatic N) is 1. The second kappa shape index (κ2) is 9.78. The molecule has 0 aliphatic carbocycles. The number of aromatic nitrogens is 1. The van der Waals surface area contributed by atoms with Crippen molar-refractivity contribution in [1.82, 2.24) is 4.98 Å². The third-order valence-electron chi connectivity index (χ3n) is 4.87. The van der Waals surface area contributed by atoms with Crippen molar-refractivity contribution >= 4 is 34.5 Å². The van der Waals surface area contributed by atoms with Gasteiger partial charge in [-0.1, -0.05) is 30.3 Å². The summed E-state index contributed by atoms with van der Waals surface area (Å²) in [6.45, 7) is 1.85. The van der Waals surface area contributed by atoms with Crippen LogP contribution in [0.25, 0.3) is 22.7 Å². The van der Waals surface area contributed by atoms with Crippen molar-refractivity contribution in [3.63, 3.8) is 0 Å². The maximum absolute atomic E-state index is 13.5. The Morgan fingerprint density at radius 1 is 0.909 bits per heavy atom. The Bertz CT molecular complexity index is 1310. The van der Waals surface area contributed by atoms with Crippen LogP contribution in [0.2, 0.25) is 0 Å². The van der Waals surface area contributed by atoms with Gasteiger partial charge in [0.1, 0.15) is 11.3 Å². The van der Waals surface area contributed by atoms with E-state index >= 15 is 0 Å². The number of para-hydroxylation sites is 2. The molecule has 4 aromatic rings. The van der Waals surface area contributed by atoms with E-state index in [9.17, 15) is 9.59 Å². The lowest BCUT2D eigenvalue weighted by atomic mass is 10.00. The maximum Gasteiger partial charge on any atom is 0.337 e. The lowest BCUT2D eigenvalue weighted by Crippen LogP contribution is -2.04. The Labute approximate surface area is 190 Å². The van der Waals surface area contributed by atoms with Crippen molar-refractivity contribution in [2.75, 3.05) is 7.11 Å². The van der Waals surface area contributed by atoms with Gasteiger partial charge in [0.15, 0.2) is 11.4 Å². The van der Waals surface area contributed by atoms with Crippen molar-refractivity contribution in [1.29, 1.82) is 0 Å². The maximum atomic E-state index is 13.5. The molecular formula is C27H21NO5. The minimum Gasteiger partial charge on any atom is -0.465 e. The van der Waals surface area contributed by atoms with E-state index in [1.165, 1.54) is 7.11 Å². The van der Waals surface area contributed by atoms with Crippen molar-refractivity contribution in [3.05, 3.63) is 108 Å². The fourth-order valence-corrected chi connectivity index (χ4v) is 3.20. The minimum absolute atomic E-state index is 0.215. The lowest BCUT2D eigenvalue weighted by molar-refractivity contribution is 0.0600. The van der Waals surface area contributed by atoms with Crippen LogP contribution < -0.4 is 4.74 Å². The van der Waals surface area contributed by atoms with Crippen LogP contribution in [0, 0.1) is 0 Å². The first-order valence-electron chi connectivity index (χ1n) is 10.3. The molecule has 33 heavy (non-hydrogen) atoms.